The predicted molar refractivity (Wildman–Crippen MR) is 79.1 cm³/mol. The maximum atomic E-state index is 11.2. The van der Waals surface area contributed by atoms with Gasteiger partial charge in [0.15, 0.2) is 11.5 Å². The van der Waals surface area contributed by atoms with Crippen LogP contribution < -0.4 is 9.47 Å². The lowest BCUT2D eigenvalue weighted by Crippen LogP contribution is -1.99. The first-order chi connectivity index (χ1) is 9.71. The second-order valence-corrected chi connectivity index (χ2v) is 4.20. The standard InChI is InChI=1S/C16H22O4/c1-4-6-11-20-14-9-7-13(12-15(14)18-3)8-10-16(17)19-5-2/h7-10,12H,4-6,11H2,1-3H3. The van der Waals surface area contributed by atoms with Crippen molar-refractivity contribution in [2.75, 3.05) is 20.3 Å². The van der Waals surface area contributed by atoms with E-state index in [9.17, 15) is 4.79 Å². The summed E-state index contributed by atoms with van der Waals surface area (Å²) in [5.41, 5.74) is 0.859. The SMILES string of the molecule is CCCCOc1ccc(C=CC(=O)OCC)cc1OC. The van der Waals surface area contributed by atoms with Gasteiger partial charge in [-0.25, -0.2) is 4.79 Å². The molecule has 0 saturated heterocycles. The summed E-state index contributed by atoms with van der Waals surface area (Å²) in [6.45, 7) is 4.93. The molecule has 0 radical (unpaired) electrons. The Labute approximate surface area is 120 Å². The van der Waals surface area contributed by atoms with Crippen LogP contribution >= 0.6 is 0 Å². The third kappa shape index (κ3) is 5.34. The van der Waals surface area contributed by atoms with Crippen molar-refractivity contribution in [3.05, 3.63) is 29.8 Å². The number of hydrogen-bond acceptors (Lipinski definition) is 4. The van der Waals surface area contributed by atoms with Crippen molar-refractivity contribution < 1.29 is 19.0 Å². The van der Waals surface area contributed by atoms with Gasteiger partial charge in [0.1, 0.15) is 0 Å². The van der Waals surface area contributed by atoms with E-state index in [0.29, 0.717) is 24.7 Å². The summed E-state index contributed by atoms with van der Waals surface area (Å²) in [6.07, 6.45) is 5.18. The molecule has 0 amide bonds. The van der Waals surface area contributed by atoms with E-state index in [4.69, 9.17) is 14.2 Å². The number of rotatable bonds is 8. The van der Waals surface area contributed by atoms with Gasteiger partial charge in [-0.3, -0.25) is 0 Å². The highest BCUT2D eigenvalue weighted by Crippen LogP contribution is 2.28. The van der Waals surface area contributed by atoms with Crippen molar-refractivity contribution in [3.8, 4) is 11.5 Å². The first kappa shape index (κ1) is 16.1. The molecule has 0 N–H and O–H groups in total. The highest BCUT2D eigenvalue weighted by molar-refractivity contribution is 5.87. The van der Waals surface area contributed by atoms with E-state index in [-0.39, 0.29) is 5.97 Å². The van der Waals surface area contributed by atoms with Crippen LogP contribution in [0.15, 0.2) is 24.3 Å². The molecular formula is C16H22O4. The summed E-state index contributed by atoms with van der Waals surface area (Å²) < 4.78 is 15.8. The van der Waals surface area contributed by atoms with Crippen molar-refractivity contribution in [2.45, 2.75) is 26.7 Å². The highest BCUT2D eigenvalue weighted by atomic mass is 16.5. The number of esters is 1. The summed E-state index contributed by atoms with van der Waals surface area (Å²) in [5, 5.41) is 0. The van der Waals surface area contributed by atoms with Crippen LogP contribution in [0.25, 0.3) is 6.08 Å². The maximum Gasteiger partial charge on any atom is 0.330 e. The van der Waals surface area contributed by atoms with Crippen LogP contribution in [0.5, 0.6) is 11.5 Å². The van der Waals surface area contributed by atoms with Gasteiger partial charge in [0.05, 0.1) is 20.3 Å². The molecule has 1 rings (SSSR count). The Morgan fingerprint density at radius 1 is 1.25 bits per heavy atom. The van der Waals surface area contributed by atoms with Crippen molar-refractivity contribution >= 4 is 12.0 Å². The van der Waals surface area contributed by atoms with E-state index < -0.39 is 0 Å². The van der Waals surface area contributed by atoms with Crippen LogP contribution in [0, 0.1) is 0 Å². The van der Waals surface area contributed by atoms with E-state index in [1.54, 1.807) is 20.1 Å². The van der Waals surface area contributed by atoms with Crippen molar-refractivity contribution in [1.82, 2.24) is 0 Å². The van der Waals surface area contributed by atoms with Gasteiger partial charge in [0.2, 0.25) is 0 Å². The van der Waals surface area contributed by atoms with Crippen molar-refractivity contribution in [1.29, 1.82) is 0 Å². The zero-order valence-electron chi connectivity index (χ0n) is 12.3. The van der Waals surface area contributed by atoms with Gasteiger partial charge in [-0.05, 0) is 37.1 Å². The molecule has 0 atom stereocenters. The molecule has 0 aliphatic rings. The molecule has 0 aliphatic carbocycles. The van der Waals surface area contributed by atoms with E-state index in [1.165, 1.54) is 6.08 Å². The molecule has 4 nitrogen and oxygen atoms in total. The minimum absolute atomic E-state index is 0.352. The number of hydrogen-bond donors (Lipinski definition) is 0. The molecule has 0 fully saturated rings. The minimum atomic E-state index is -0.352. The quantitative estimate of drug-likeness (QED) is 0.415. The second-order valence-electron chi connectivity index (χ2n) is 4.20. The Morgan fingerprint density at radius 2 is 2.05 bits per heavy atom. The zero-order valence-corrected chi connectivity index (χ0v) is 12.3. The zero-order chi connectivity index (χ0) is 14.8. The summed E-state index contributed by atoms with van der Waals surface area (Å²) >= 11 is 0. The molecule has 4 heteroatoms. The molecule has 0 spiro atoms. The Kier molecular flexibility index (Phi) is 7.25. The first-order valence-corrected chi connectivity index (χ1v) is 6.87. The number of carbonyl (C=O) groups excluding carboxylic acids is 1. The van der Waals surface area contributed by atoms with E-state index in [0.717, 1.165) is 18.4 Å². The summed E-state index contributed by atoms with van der Waals surface area (Å²) in [7, 11) is 1.60. The van der Waals surface area contributed by atoms with Gasteiger partial charge in [-0.2, -0.15) is 0 Å². The van der Waals surface area contributed by atoms with Crippen molar-refractivity contribution in [3.63, 3.8) is 0 Å². The van der Waals surface area contributed by atoms with E-state index in [2.05, 4.69) is 6.92 Å². The molecule has 1 aromatic carbocycles. The topological polar surface area (TPSA) is 44.8 Å². The Balaban J connectivity index is 2.73. The molecule has 0 unspecified atom stereocenters. The molecule has 0 aromatic heterocycles. The number of ether oxygens (including phenoxy) is 3. The van der Waals surface area contributed by atoms with Crippen molar-refractivity contribution in [2.24, 2.45) is 0 Å². The minimum Gasteiger partial charge on any atom is -0.493 e. The Bertz CT molecular complexity index is 452. The molecule has 1 aromatic rings. The van der Waals surface area contributed by atoms with Gasteiger partial charge >= 0.3 is 5.97 Å². The predicted octanol–water partition coefficient (Wildman–Crippen LogP) is 3.45. The van der Waals surface area contributed by atoms with Gasteiger partial charge < -0.3 is 14.2 Å². The molecule has 0 bridgehead atoms. The van der Waals surface area contributed by atoms with Gasteiger partial charge in [0, 0.05) is 6.08 Å². The van der Waals surface area contributed by atoms with E-state index in [1.807, 2.05) is 18.2 Å². The van der Waals surface area contributed by atoms with Crippen LogP contribution in [0.3, 0.4) is 0 Å². The average molecular weight is 278 g/mol. The van der Waals surface area contributed by atoms with Gasteiger partial charge in [0.25, 0.3) is 0 Å². The fourth-order valence-electron chi connectivity index (χ4n) is 1.59. The lowest BCUT2D eigenvalue weighted by molar-refractivity contribution is -0.137. The number of carbonyl (C=O) groups is 1. The monoisotopic (exact) mass is 278 g/mol. The smallest absolute Gasteiger partial charge is 0.330 e. The van der Waals surface area contributed by atoms with Crippen LogP contribution in [-0.4, -0.2) is 26.3 Å². The maximum absolute atomic E-state index is 11.2. The summed E-state index contributed by atoms with van der Waals surface area (Å²) in [4.78, 5) is 11.2. The largest absolute Gasteiger partial charge is 0.493 e. The molecule has 0 aliphatic heterocycles. The molecule has 0 heterocycles. The van der Waals surface area contributed by atoms with Gasteiger partial charge in [-0.15, -0.1) is 0 Å². The lowest BCUT2D eigenvalue weighted by Gasteiger charge is -2.10. The normalized spacial score (nSPS) is 10.6. The van der Waals surface area contributed by atoms with Crippen LogP contribution in [0.4, 0.5) is 0 Å². The molecule has 0 saturated carbocycles. The van der Waals surface area contributed by atoms with Crippen LogP contribution in [0.2, 0.25) is 0 Å². The number of unbranched alkanes of at least 4 members (excludes halogenated alkanes) is 1. The third-order valence-electron chi connectivity index (χ3n) is 2.64. The highest BCUT2D eigenvalue weighted by Gasteiger charge is 2.04. The number of benzene rings is 1. The van der Waals surface area contributed by atoms with Gasteiger partial charge in [-0.1, -0.05) is 19.4 Å². The second kappa shape index (κ2) is 9.02. The third-order valence-corrected chi connectivity index (χ3v) is 2.64. The lowest BCUT2D eigenvalue weighted by atomic mass is 10.2. The fraction of sp³-hybridized carbons (Fsp3) is 0.438. The Hall–Kier alpha value is -1.97. The summed E-state index contributed by atoms with van der Waals surface area (Å²) in [5.74, 6) is 1.02. The van der Waals surface area contributed by atoms with E-state index >= 15 is 0 Å². The van der Waals surface area contributed by atoms with Crippen LogP contribution in [-0.2, 0) is 9.53 Å². The number of methoxy groups -OCH3 is 1. The molecular weight excluding hydrogens is 256 g/mol. The molecule has 20 heavy (non-hydrogen) atoms. The van der Waals surface area contributed by atoms with Crippen LogP contribution in [0.1, 0.15) is 32.3 Å². The fourth-order valence-corrected chi connectivity index (χ4v) is 1.59. The molecule has 110 valence electrons. The Morgan fingerprint density at radius 3 is 2.70 bits per heavy atom. The first-order valence-electron chi connectivity index (χ1n) is 6.87. The average Bonchev–Trinajstić information content (AvgIpc) is 2.46. The summed E-state index contributed by atoms with van der Waals surface area (Å²) in [6, 6.07) is 5.55.